The topological polar surface area (TPSA) is 54.0 Å². The lowest BCUT2D eigenvalue weighted by Crippen LogP contribution is -2.47. The molecule has 2 aliphatic heterocycles. The number of fused-ring (bicyclic) bond motifs is 1. The van der Waals surface area contributed by atoms with Gasteiger partial charge in [-0.3, -0.25) is 4.79 Å². The fourth-order valence-electron chi connectivity index (χ4n) is 4.12. The molecule has 3 aromatic rings. The van der Waals surface area contributed by atoms with Gasteiger partial charge in [0.1, 0.15) is 5.69 Å². The lowest BCUT2D eigenvalue weighted by Gasteiger charge is -2.38. The zero-order valence-corrected chi connectivity index (χ0v) is 19.1. The van der Waals surface area contributed by atoms with Crippen molar-refractivity contribution in [2.45, 2.75) is 0 Å². The molecular formula is C24H17ClF5N3O3. The number of amides is 1. The number of rotatable bonds is 4. The van der Waals surface area contributed by atoms with Crippen LogP contribution in [-0.4, -0.2) is 38.9 Å². The van der Waals surface area contributed by atoms with Crippen molar-refractivity contribution in [3.63, 3.8) is 0 Å². The van der Waals surface area contributed by atoms with E-state index in [9.17, 15) is 26.7 Å². The third-order valence-electron chi connectivity index (χ3n) is 5.96. The molecule has 0 spiro atoms. The maximum atomic E-state index is 14.2. The normalized spacial score (nSPS) is 14.8. The standard InChI is InChI=1S/C24H17ClF5N3O3/c25-14-10-13(31-24(34)12-1-4-16-17(9-12)36-11-35-16)2-3-15(14)32-5-7-33(8-6-32)23-21(29)19(27)18(26)20(28)22(23)30/h1-4,9-10H,5-8,11H2,(H,31,34). The van der Waals surface area contributed by atoms with Crippen LogP contribution in [0.5, 0.6) is 11.5 Å². The Kier molecular flexibility index (Phi) is 6.25. The highest BCUT2D eigenvalue weighted by Gasteiger charge is 2.31. The predicted octanol–water partition coefficient (Wildman–Crippen LogP) is 5.34. The summed E-state index contributed by atoms with van der Waals surface area (Å²) in [6, 6.07) is 9.67. The summed E-state index contributed by atoms with van der Waals surface area (Å²) >= 11 is 6.43. The lowest BCUT2D eigenvalue weighted by atomic mass is 10.1. The highest BCUT2D eigenvalue weighted by atomic mass is 35.5. The summed E-state index contributed by atoms with van der Waals surface area (Å²) in [5.41, 5.74) is 0.448. The second kappa shape index (κ2) is 9.38. The number of carbonyl (C=O) groups is 1. The maximum Gasteiger partial charge on any atom is 0.255 e. The van der Waals surface area contributed by atoms with E-state index in [1.54, 1.807) is 36.4 Å². The highest BCUT2D eigenvalue weighted by molar-refractivity contribution is 6.33. The molecule has 1 N–H and O–H groups in total. The number of nitrogens with zero attached hydrogens (tertiary/aromatic N) is 2. The van der Waals surface area contributed by atoms with E-state index in [4.69, 9.17) is 21.1 Å². The summed E-state index contributed by atoms with van der Waals surface area (Å²) in [6.07, 6.45) is 0. The van der Waals surface area contributed by atoms with Gasteiger partial charge in [0.25, 0.3) is 5.91 Å². The van der Waals surface area contributed by atoms with Crippen molar-refractivity contribution < 1.29 is 36.2 Å². The van der Waals surface area contributed by atoms with E-state index in [2.05, 4.69) is 5.32 Å². The summed E-state index contributed by atoms with van der Waals surface area (Å²) in [4.78, 5) is 15.5. The van der Waals surface area contributed by atoms with Crippen LogP contribution in [0.4, 0.5) is 39.0 Å². The maximum absolute atomic E-state index is 14.2. The first kappa shape index (κ1) is 24.0. The fourth-order valence-corrected chi connectivity index (χ4v) is 4.42. The fraction of sp³-hybridized carbons (Fsp3) is 0.208. The predicted molar refractivity (Wildman–Crippen MR) is 123 cm³/mol. The van der Waals surface area contributed by atoms with Crippen LogP contribution in [0.3, 0.4) is 0 Å². The van der Waals surface area contributed by atoms with Gasteiger partial charge in [0.2, 0.25) is 12.6 Å². The molecule has 2 heterocycles. The summed E-state index contributed by atoms with van der Waals surface area (Å²) in [5.74, 6) is -9.22. The quantitative estimate of drug-likeness (QED) is 0.283. The van der Waals surface area contributed by atoms with Crippen molar-refractivity contribution in [1.29, 1.82) is 0 Å². The molecule has 12 heteroatoms. The van der Waals surface area contributed by atoms with Gasteiger partial charge in [-0.25, -0.2) is 22.0 Å². The first-order valence-electron chi connectivity index (χ1n) is 10.8. The third-order valence-corrected chi connectivity index (χ3v) is 6.27. The number of carbonyl (C=O) groups excluding carboxylic acids is 1. The summed E-state index contributed by atoms with van der Waals surface area (Å²) < 4.78 is 79.4. The van der Waals surface area contributed by atoms with Gasteiger partial charge in [-0.05, 0) is 36.4 Å². The van der Waals surface area contributed by atoms with Gasteiger partial charge in [0, 0.05) is 37.4 Å². The van der Waals surface area contributed by atoms with E-state index in [-0.39, 0.29) is 38.9 Å². The number of nitrogens with one attached hydrogen (secondary N) is 1. The SMILES string of the molecule is O=C(Nc1ccc(N2CCN(c3c(F)c(F)c(F)c(F)c3F)CC2)c(Cl)c1)c1ccc2c(c1)OCO2. The number of piperazine rings is 1. The molecule has 0 atom stereocenters. The van der Waals surface area contributed by atoms with E-state index in [0.717, 1.165) is 4.90 Å². The molecule has 188 valence electrons. The van der Waals surface area contributed by atoms with Crippen LogP contribution >= 0.6 is 11.6 Å². The Balaban J connectivity index is 1.26. The van der Waals surface area contributed by atoms with Crippen LogP contribution in [0.2, 0.25) is 5.02 Å². The lowest BCUT2D eigenvalue weighted by molar-refractivity contribution is 0.102. The number of hydrogen-bond donors (Lipinski definition) is 1. The second-order valence-electron chi connectivity index (χ2n) is 8.08. The van der Waals surface area contributed by atoms with E-state index in [1.165, 1.54) is 0 Å². The summed E-state index contributed by atoms with van der Waals surface area (Å²) in [7, 11) is 0. The van der Waals surface area contributed by atoms with Crippen LogP contribution < -0.4 is 24.6 Å². The average molecular weight is 526 g/mol. The van der Waals surface area contributed by atoms with Crippen LogP contribution in [0.1, 0.15) is 10.4 Å². The Morgan fingerprint density at radius 3 is 2.06 bits per heavy atom. The molecule has 0 aliphatic carbocycles. The molecule has 36 heavy (non-hydrogen) atoms. The molecule has 6 nitrogen and oxygen atoms in total. The number of benzene rings is 3. The second-order valence-corrected chi connectivity index (χ2v) is 8.49. The third kappa shape index (κ3) is 4.23. The van der Waals surface area contributed by atoms with Crippen molar-refractivity contribution >= 4 is 34.6 Å². The molecule has 1 amide bonds. The minimum Gasteiger partial charge on any atom is -0.454 e. The van der Waals surface area contributed by atoms with Crippen molar-refractivity contribution in [3.8, 4) is 11.5 Å². The van der Waals surface area contributed by atoms with Crippen molar-refractivity contribution in [3.05, 3.63) is 76.1 Å². The largest absolute Gasteiger partial charge is 0.454 e. The minimum absolute atomic E-state index is 0.00270. The van der Waals surface area contributed by atoms with Crippen molar-refractivity contribution in [1.82, 2.24) is 0 Å². The van der Waals surface area contributed by atoms with Crippen LogP contribution in [0, 0.1) is 29.1 Å². The zero-order chi connectivity index (χ0) is 25.6. The molecule has 0 saturated carbocycles. The van der Waals surface area contributed by atoms with Gasteiger partial charge < -0.3 is 24.6 Å². The summed E-state index contributed by atoms with van der Waals surface area (Å²) in [5, 5.41) is 3.05. The van der Waals surface area contributed by atoms with E-state index < -0.39 is 34.8 Å². The molecule has 3 aromatic carbocycles. The van der Waals surface area contributed by atoms with Gasteiger partial charge in [0.05, 0.1) is 10.7 Å². The molecule has 5 rings (SSSR count). The van der Waals surface area contributed by atoms with Crippen LogP contribution in [0.15, 0.2) is 36.4 Å². The zero-order valence-electron chi connectivity index (χ0n) is 18.4. The molecule has 0 bridgehead atoms. The molecule has 0 unspecified atom stereocenters. The Bertz CT molecular complexity index is 1340. The average Bonchev–Trinajstić information content (AvgIpc) is 3.35. The van der Waals surface area contributed by atoms with Crippen LogP contribution in [-0.2, 0) is 0 Å². The van der Waals surface area contributed by atoms with Crippen molar-refractivity contribution in [2.24, 2.45) is 0 Å². The number of ether oxygens (including phenoxy) is 2. The minimum atomic E-state index is -2.19. The first-order chi connectivity index (χ1) is 17.2. The number of anilines is 3. The first-order valence-corrected chi connectivity index (χ1v) is 11.1. The number of halogens is 6. The summed E-state index contributed by atoms with van der Waals surface area (Å²) in [6.45, 7) is 0.506. The van der Waals surface area contributed by atoms with E-state index >= 15 is 0 Å². The monoisotopic (exact) mass is 525 g/mol. The molecule has 0 radical (unpaired) electrons. The van der Waals surface area contributed by atoms with Crippen LogP contribution in [0.25, 0.3) is 0 Å². The van der Waals surface area contributed by atoms with E-state index in [1.807, 2.05) is 4.90 Å². The van der Waals surface area contributed by atoms with Gasteiger partial charge >= 0.3 is 0 Å². The number of hydrogen-bond acceptors (Lipinski definition) is 5. The Labute approximate surface area is 206 Å². The Hall–Kier alpha value is -3.73. The Morgan fingerprint density at radius 2 is 1.39 bits per heavy atom. The molecule has 2 aliphatic rings. The molecule has 0 aromatic heterocycles. The van der Waals surface area contributed by atoms with Gasteiger partial charge in [0.15, 0.2) is 34.8 Å². The highest BCUT2D eigenvalue weighted by Crippen LogP contribution is 2.35. The molecule has 1 fully saturated rings. The van der Waals surface area contributed by atoms with E-state index in [0.29, 0.717) is 33.5 Å². The van der Waals surface area contributed by atoms with Gasteiger partial charge in [-0.1, -0.05) is 11.6 Å². The smallest absolute Gasteiger partial charge is 0.255 e. The van der Waals surface area contributed by atoms with Crippen molar-refractivity contribution in [2.75, 3.05) is 48.1 Å². The Morgan fingerprint density at radius 1 is 0.778 bits per heavy atom. The molecular weight excluding hydrogens is 509 g/mol. The van der Waals surface area contributed by atoms with Gasteiger partial charge in [-0.2, -0.15) is 0 Å². The molecule has 1 saturated heterocycles. The van der Waals surface area contributed by atoms with Gasteiger partial charge in [-0.15, -0.1) is 0 Å².